The Morgan fingerprint density at radius 3 is 2.62 bits per heavy atom. The smallest absolute Gasteiger partial charge is 0.308 e. The highest BCUT2D eigenvalue weighted by atomic mass is 16.5. The third kappa shape index (κ3) is 4.57. The molecule has 170 valence electrons. The van der Waals surface area contributed by atoms with Gasteiger partial charge in [0.05, 0.1) is 6.10 Å². The zero-order chi connectivity index (χ0) is 22.7. The van der Waals surface area contributed by atoms with E-state index in [0.29, 0.717) is 11.3 Å². The number of nitrogens with zero attached hydrogens (tertiary/aromatic N) is 1. The van der Waals surface area contributed by atoms with Gasteiger partial charge in [0.1, 0.15) is 5.75 Å². The van der Waals surface area contributed by atoms with Crippen molar-refractivity contribution in [1.29, 1.82) is 0 Å². The number of hydrogen-bond acceptors (Lipinski definition) is 5. The van der Waals surface area contributed by atoms with E-state index in [0.717, 1.165) is 37.9 Å². The standard InChI is InChI=1S/C26H32N2O4/c1-18(29)32-22-11-7-10-20(14-22)26-12-13-28(2)17-23(26)24(31-3)15-21(16-26)27-25(30)19-8-5-4-6-9-19/h4-11,14,21,23-24H,12-13,15-17H2,1-3H3,(H,27,30). The number of fused-ring (bicyclic) bond motifs is 1. The van der Waals surface area contributed by atoms with Gasteiger partial charge in [0.25, 0.3) is 5.91 Å². The molecular formula is C26H32N2O4. The Kier molecular flexibility index (Phi) is 6.63. The van der Waals surface area contributed by atoms with Gasteiger partial charge in [-0.15, -0.1) is 0 Å². The van der Waals surface area contributed by atoms with Crippen molar-refractivity contribution in [2.24, 2.45) is 5.92 Å². The van der Waals surface area contributed by atoms with Crippen molar-refractivity contribution in [3.63, 3.8) is 0 Å². The number of amides is 1. The molecule has 32 heavy (non-hydrogen) atoms. The molecule has 1 aliphatic heterocycles. The van der Waals surface area contributed by atoms with Gasteiger partial charge in [0.2, 0.25) is 0 Å². The number of esters is 1. The van der Waals surface area contributed by atoms with E-state index in [9.17, 15) is 9.59 Å². The number of methoxy groups -OCH3 is 1. The van der Waals surface area contributed by atoms with Gasteiger partial charge in [-0.25, -0.2) is 0 Å². The van der Waals surface area contributed by atoms with Crippen LogP contribution in [0.1, 0.15) is 42.1 Å². The second-order valence-corrected chi connectivity index (χ2v) is 9.15. The lowest BCUT2D eigenvalue weighted by molar-refractivity contribution is -0.131. The summed E-state index contributed by atoms with van der Waals surface area (Å²) in [7, 11) is 3.91. The van der Waals surface area contributed by atoms with E-state index in [1.165, 1.54) is 6.92 Å². The molecule has 6 nitrogen and oxygen atoms in total. The van der Waals surface area contributed by atoms with Crippen LogP contribution in [0.5, 0.6) is 5.75 Å². The van der Waals surface area contributed by atoms with Crippen LogP contribution in [0.4, 0.5) is 0 Å². The lowest BCUT2D eigenvalue weighted by atomic mass is 9.57. The van der Waals surface area contributed by atoms with Gasteiger partial charge in [-0.2, -0.15) is 0 Å². The number of rotatable bonds is 5. The molecule has 2 aromatic rings. The van der Waals surface area contributed by atoms with Crippen LogP contribution in [-0.2, 0) is 14.9 Å². The highest BCUT2D eigenvalue weighted by molar-refractivity contribution is 5.94. The van der Waals surface area contributed by atoms with Gasteiger partial charge in [-0.1, -0.05) is 30.3 Å². The third-order valence-electron chi connectivity index (χ3n) is 7.08. The van der Waals surface area contributed by atoms with E-state index in [1.807, 2.05) is 48.5 Å². The summed E-state index contributed by atoms with van der Waals surface area (Å²) >= 11 is 0. The van der Waals surface area contributed by atoms with Crippen LogP contribution in [0.3, 0.4) is 0 Å². The molecule has 1 heterocycles. The molecule has 1 N–H and O–H groups in total. The van der Waals surface area contributed by atoms with Crippen molar-refractivity contribution in [3.05, 3.63) is 65.7 Å². The molecule has 4 atom stereocenters. The molecular weight excluding hydrogens is 404 g/mol. The number of likely N-dealkylation sites (tertiary alicyclic amines) is 1. The SMILES string of the molecule is COC1CC(NC(=O)c2ccccc2)CC2(c3cccc(OC(C)=O)c3)CCN(C)CC12. The fourth-order valence-corrected chi connectivity index (χ4v) is 5.61. The summed E-state index contributed by atoms with van der Waals surface area (Å²) in [6.07, 6.45) is 2.58. The Hall–Kier alpha value is -2.70. The van der Waals surface area contributed by atoms with Crippen molar-refractivity contribution in [3.8, 4) is 5.75 Å². The number of piperidine rings is 1. The van der Waals surface area contributed by atoms with Gasteiger partial charge in [-0.3, -0.25) is 9.59 Å². The fourth-order valence-electron chi connectivity index (χ4n) is 5.61. The molecule has 0 bridgehead atoms. The number of carbonyl (C=O) groups is 2. The van der Waals surface area contributed by atoms with Crippen LogP contribution in [-0.4, -0.2) is 56.2 Å². The van der Waals surface area contributed by atoms with Crippen LogP contribution < -0.4 is 10.1 Å². The van der Waals surface area contributed by atoms with Crippen LogP contribution in [0, 0.1) is 5.92 Å². The minimum absolute atomic E-state index is 0.00954. The first-order chi connectivity index (χ1) is 15.4. The average molecular weight is 437 g/mol. The number of nitrogens with one attached hydrogen (secondary N) is 1. The zero-order valence-electron chi connectivity index (χ0n) is 19.0. The molecule has 0 spiro atoms. The monoisotopic (exact) mass is 436 g/mol. The average Bonchev–Trinajstić information content (AvgIpc) is 2.79. The molecule has 4 unspecified atom stereocenters. The van der Waals surface area contributed by atoms with Gasteiger partial charge >= 0.3 is 5.97 Å². The predicted molar refractivity (Wildman–Crippen MR) is 123 cm³/mol. The van der Waals surface area contributed by atoms with Gasteiger partial charge < -0.3 is 19.7 Å². The second-order valence-electron chi connectivity index (χ2n) is 9.15. The second kappa shape index (κ2) is 9.43. The summed E-state index contributed by atoms with van der Waals surface area (Å²) in [5.74, 6) is 0.460. The van der Waals surface area contributed by atoms with Crippen LogP contribution in [0.15, 0.2) is 54.6 Å². The number of ether oxygens (including phenoxy) is 2. The predicted octanol–water partition coefficient (Wildman–Crippen LogP) is 3.41. The lowest BCUT2D eigenvalue weighted by Gasteiger charge is -2.55. The Labute approximate surface area is 189 Å². The molecule has 2 fully saturated rings. The van der Waals surface area contributed by atoms with E-state index >= 15 is 0 Å². The van der Waals surface area contributed by atoms with E-state index in [-0.39, 0.29) is 35.4 Å². The van der Waals surface area contributed by atoms with Crippen molar-refractivity contribution < 1.29 is 19.1 Å². The molecule has 2 aromatic carbocycles. The van der Waals surface area contributed by atoms with Crippen molar-refractivity contribution in [2.75, 3.05) is 27.2 Å². The first kappa shape index (κ1) is 22.5. The highest BCUT2D eigenvalue weighted by Gasteiger charge is 2.52. The minimum Gasteiger partial charge on any atom is -0.427 e. The molecule has 1 amide bonds. The van der Waals surface area contributed by atoms with Crippen molar-refractivity contribution >= 4 is 11.9 Å². The summed E-state index contributed by atoms with van der Waals surface area (Å²) in [6.45, 7) is 3.31. The first-order valence-electron chi connectivity index (χ1n) is 11.3. The molecule has 2 aliphatic rings. The Balaban J connectivity index is 1.67. The Morgan fingerprint density at radius 1 is 1.12 bits per heavy atom. The van der Waals surface area contributed by atoms with Crippen LogP contribution in [0.2, 0.25) is 0 Å². The van der Waals surface area contributed by atoms with Gasteiger partial charge in [0, 0.05) is 43.5 Å². The van der Waals surface area contributed by atoms with E-state index in [2.05, 4.69) is 23.3 Å². The quantitative estimate of drug-likeness (QED) is 0.575. The largest absolute Gasteiger partial charge is 0.427 e. The molecule has 4 rings (SSSR count). The normalized spacial score (nSPS) is 27.9. The fraction of sp³-hybridized carbons (Fsp3) is 0.462. The number of benzene rings is 2. The molecule has 1 aliphatic carbocycles. The summed E-state index contributed by atoms with van der Waals surface area (Å²) in [5, 5.41) is 3.27. The van der Waals surface area contributed by atoms with E-state index in [4.69, 9.17) is 9.47 Å². The maximum atomic E-state index is 12.9. The van der Waals surface area contributed by atoms with Gasteiger partial charge in [0.15, 0.2) is 0 Å². The molecule has 1 saturated heterocycles. The summed E-state index contributed by atoms with van der Waals surface area (Å²) in [5.41, 5.74) is 1.64. The van der Waals surface area contributed by atoms with Crippen molar-refractivity contribution in [2.45, 2.75) is 43.7 Å². The Morgan fingerprint density at radius 2 is 1.91 bits per heavy atom. The van der Waals surface area contributed by atoms with E-state index < -0.39 is 0 Å². The summed E-state index contributed by atoms with van der Waals surface area (Å²) in [4.78, 5) is 26.8. The maximum Gasteiger partial charge on any atom is 0.308 e. The highest BCUT2D eigenvalue weighted by Crippen LogP contribution is 2.50. The number of carbonyl (C=O) groups excluding carboxylic acids is 2. The van der Waals surface area contributed by atoms with Crippen LogP contribution in [0.25, 0.3) is 0 Å². The molecule has 1 saturated carbocycles. The third-order valence-corrected chi connectivity index (χ3v) is 7.08. The summed E-state index contributed by atoms with van der Waals surface area (Å²) < 4.78 is 11.4. The Bertz CT molecular complexity index is 963. The topological polar surface area (TPSA) is 67.9 Å². The molecule has 0 aromatic heterocycles. The number of hydrogen-bond donors (Lipinski definition) is 1. The minimum atomic E-state index is -0.328. The maximum absolute atomic E-state index is 12.9. The van der Waals surface area contributed by atoms with E-state index in [1.54, 1.807) is 7.11 Å². The first-order valence-corrected chi connectivity index (χ1v) is 11.3. The van der Waals surface area contributed by atoms with Gasteiger partial charge in [-0.05, 0) is 62.7 Å². The zero-order valence-corrected chi connectivity index (χ0v) is 19.0. The van der Waals surface area contributed by atoms with Crippen molar-refractivity contribution in [1.82, 2.24) is 10.2 Å². The molecule has 0 radical (unpaired) electrons. The lowest BCUT2D eigenvalue weighted by Crippen LogP contribution is -2.60. The summed E-state index contributed by atoms with van der Waals surface area (Å²) in [6, 6.07) is 17.2. The molecule has 6 heteroatoms. The van der Waals surface area contributed by atoms with Crippen LogP contribution >= 0.6 is 0 Å².